The van der Waals surface area contributed by atoms with Gasteiger partial charge in [0, 0.05) is 19.7 Å². The average molecular weight is 395 g/mol. The van der Waals surface area contributed by atoms with Gasteiger partial charge in [-0.15, -0.1) is 0 Å². The second-order valence-electron chi connectivity index (χ2n) is 7.56. The van der Waals surface area contributed by atoms with Crippen molar-refractivity contribution in [3.05, 3.63) is 35.9 Å². The highest BCUT2D eigenvalue weighted by atomic mass is 32.2. The number of nitrogens with zero attached hydrogens (tertiary/aromatic N) is 1. The molecule has 2 heterocycles. The van der Waals surface area contributed by atoms with Gasteiger partial charge in [-0.1, -0.05) is 30.3 Å². The van der Waals surface area contributed by atoms with Crippen LogP contribution in [-0.2, 0) is 25.0 Å². The van der Waals surface area contributed by atoms with Crippen LogP contribution in [-0.4, -0.2) is 56.2 Å². The van der Waals surface area contributed by atoms with Crippen LogP contribution in [0.4, 0.5) is 0 Å². The first-order valence-electron chi connectivity index (χ1n) is 9.85. The second-order valence-corrected chi connectivity index (χ2v) is 9.82. The number of carbonyl (C=O) groups excluding carboxylic acids is 1. The van der Waals surface area contributed by atoms with E-state index < -0.39 is 15.4 Å². The smallest absolute Gasteiger partial charge is 0.231 e. The van der Waals surface area contributed by atoms with E-state index in [1.807, 2.05) is 37.3 Å². The van der Waals surface area contributed by atoms with Crippen molar-refractivity contribution in [2.75, 3.05) is 25.4 Å². The fourth-order valence-electron chi connectivity index (χ4n) is 4.17. The summed E-state index contributed by atoms with van der Waals surface area (Å²) < 4.78 is 31.7. The number of ether oxygens (including phenoxy) is 1. The first-order valence-corrected chi connectivity index (χ1v) is 11.5. The highest BCUT2D eigenvalue weighted by Gasteiger charge is 2.45. The van der Waals surface area contributed by atoms with Crippen LogP contribution in [0.2, 0.25) is 0 Å². The van der Waals surface area contributed by atoms with Crippen LogP contribution < -0.4 is 5.32 Å². The lowest BCUT2D eigenvalue weighted by atomic mass is 9.72. The highest BCUT2D eigenvalue weighted by molar-refractivity contribution is 7.89. The summed E-state index contributed by atoms with van der Waals surface area (Å²) in [4.78, 5) is 13.4. The Balaban J connectivity index is 1.81. The third kappa shape index (κ3) is 4.20. The van der Waals surface area contributed by atoms with E-state index in [-0.39, 0.29) is 23.8 Å². The molecule has 1 aromatic rings. The van der Waals surface area contributed by atoms with Gasteiger partial charge in [0.1, 0.15) is 0 Å². The standard InChI is InChI=1S/C20H30N2O4S/c1-3-27(24,25)22-13-11-20(12-14-22,17-8-5-4-6-9-17)19(23)21-16(2)18-10-7-15-26-18/h4-6,8-9,16,18H,3,7,10-15H2,1-2H3,(H,21,23). The van der Waals surface area contributed by atoms with E-state index in [1.165, 1.54) is 4.31 Å². The zero-order valence-electron chi connectivity index (χ0n) is 16.2. The zero-order chi connectivity index (χ0) is 19.5. The maximum Gasteiger partial charge on any atom is 0.231 e. The third-order valence-corrected chi connectivity index (χ3v) is 7.86. The molecular formula is C20H30N2O4S. The van der Waals surface area contributed by atoms with E-state index in [9.17, 15) is 13.2 Å². The van der Waals surface area contributed by atoms with Crippen molar-refractivity contribution in [2.45, 2.75) is 57.1 Å². The van der Waals surface area contributed by atoms with Gasteiger partial charge in [-0.2, -0.15) is 0 Å². The first-order chi connectivity index (χ1) is 12.9. The van der Waals surface area contributed by atoms with Crippen LogP contribution in [0.15, 0.2) is 30.3 Å². The third-order valence-electron chi connectivity index (χ3n) is 5.98. The van der Waals surface area contributed by atoms with Crippen molar-refractivity contribution in [2.24, 2.45) is 0 Å². The van der Waals surface area contributed by atoms with E-state index in [4.69, 9.17) is 4.74 Å². The van der Waals surface area contributed by atoms with E-state index in [2.05, 4.69) is 5.32 Å². The molecule has 3 rings (SSSR count). The minimum atomic E-state index is -3.23. The molecule has 2 aliphatic rings. The molecule has 1 amide bonds. The van der Waals surface area contributed by atoms with Gasteiger partial charge in [0.15, 0.2) is 0 Å². The molecule has 2 fully saturated rings. The minimum Gasteiger partial charge on any atom is -0.376 e. The summed E-state index contributed by atoms with van der Waals surface area (Å²) in [7, 11) is -3.23. The molecule has 0 aliphatic carbocycles. The van der Waals surface area contributed by atoms with Gasteiger partial charge in [0.2, 0.25) is 15.9 Å². The van der Waals surface area contributed by atoms with Gasteiger partial charge in [0.25, 0.3) is 0 Å². The van der Waals surface area contributed by atoms with E-state index in [1.54, 1.807) is 6.92 Å². The van der Waals surface area contributed by atoms with Crippen molar-refractivity contribution >= 4 is 15.9 Å². The average Bonchev–Trinajstić information content (AvgIpc) is 3.23. The van der Waals surface area contributed by atoms with Crippen LogP contribution in [0.3, 0.4) is 0 Å². The number of nitrogens with one attached hydrogen (secondary N) is 1. The summed E-state index contributed by atoms with van der Waals surface area (Å²) in [6, 6.07) is 9.69. The van der Waals surface area contributed by atoms with Crippen LogP contribution in [0.1, 0.15) is 45.1 Å². The molecule has 0 bridgehead atoms. The zero-order valence-corrected chi connectivity index (χ0v) is 17.0. The Hall–Kier alpha value is -1.44. The lowest BCUT2D eigenvalue weighted by Gasteiger charge is -2.41. The van der Waals surface area contributed by atoms with Crippen molar-refractivity contribution in [3.63, 3.8) is 0 Å². The Morgan fingerprint density at radius 2 is 1.96 bits per heavy atom. The molecule has 2 saturated heterocycles. The summed E-state index contributed by atoms with van der Waals surface area (Å²) in [5.74, 6) is 0.0679. The van der Waals surface area contributed by atoms with Crippen molar-refractivity contribution < 1.29 is 17.9 Å². The van der Waals surface area contributed by atoms with Gasteiger partial charge >= 0.3 is 0 Å². The molecule has 0 saturated carbocycles. The fraction of sp³-hybridized carbons (Fsp3) is 0.650. The van der Waals surface area contributed by atoms with Crippen molar-refractivity contribution in [3.8, 4) is 0 Å². The van der Waals surface area contributed by atoms with Crippen molar-refractivity contribution in [1.29, 1.82) is 0 Å². The van der Waals surface area contributed by atoms with Gasteiger partial charge in [0.05, 0.1) is 23.3 Å². The van der Waals surface area contributed by atoms with Gasteiger partial charge < -0.3 is 10.1 Å². The van der Waals surface area contributed by atoms with Crippen LogP contribution in [0, 0.1) is 0 Å². The number of carbonyl (C=O) groups is 1. The molecule has 2 unspecified atom stereocenters. The number of piperidine rings is 1. The number of hydrogen-bond acceptors (Lipinski definition) is 4. The number of rotatable bonds is 6. The second kappa shape index (κ2) is 8.29. The van der Waals surface area contributed by atoms with Gasteiger partial charge in [-0.05, 0) is 45.1 Å². The quantitative estimate of drug-likeness (QED) is 0.801. The molecule has 0 radical (unpaired) electrons. The Kier molecular flexibility index (Phi) is 6.23. The summed E-state index contributed by atoms with van der Waals surface area (Å²) in [5, 5.41) is 3.17. The molecular weight excluding hydrogens is 364 g/mol. The van der Waals surface area contributed by atoms with Crippen LogP contribution in [0.25, 0.3) is 0 Å². The molecule has 2 atom stereocenters. The predicted molar refractivity (Wildman–Crippen MR) is 105 cm³/mol. The molecule has 2 aliphatic heterocycles. The van der Waals surface area contributed by atoms with E-state index in [0.717, 1.165) is 25.0 Å². The molecule has 0 aromatic heterocycles. The normalized spacial score (nSPS) is 24.4. The monoisotopic (exact) mass is 394 g/mol. The molecule has 0 spiro atoms. The minimum absolute atomic E-state index is 0.0229. The number of sulfonamides is 1. The summed E-state index contributed by atoms with van der Waals surface area (Å²) in [6.45, 7) is 5.13. The molecule has 6 nitrogen and oxygen atoms in total. The molecule has 150 valence electrons. The SMILES string of the molecule is CCS(=O)(=O)N1CCC(C(=O)NC(C)C2CCCO2)(c2ccccc2)CC1. The topological polar surface area (TPSA) is 75.7 Å². The molecule has 27 heavy (non-hydrogen) atoms. The molecule has 1 aromatic carbocycles. The summed E-state index contributed by atoms with van der Waals surface area (Å²) >= 11 is 0. The largest absolute Gasteiger partial charge is 0.376 e. The lowest BCUT2D eigenvalue weighted by molar-refractivity contribution is -0.129. The summed E-state index contributed by atoms with van der Waals surface area (Å²) in [5.41, 5.74) is 0.254. The van der Waals surface area contributed by atoms with Gasteiger partial charge in [-0.3, -0.25) is 4.79 Å². The number of amides is 1. The van der Waals surface area contributed by atoms with Gasteiger partial charge in [-0.25, -0.2) is 12.7 Å². The Labute approximate surface area is 162 Å². The molecule has 1 N–H and O–H groups in total. The van der Waals surface area contributed by atoms with E-state index >= 15 is 0 Å². The maximum absolute atomic E-state index is 13.4. The predicted octanol–water partition coefficient (Wildman–Crippen LogP) is 2.05. The lowest BCUT2D eigenvalue weighted by Crippen LogP contribution is -2.55. The fourth-order valence-corrected chi connectivity index (χ4v) is 5.27. The molecule has 7 heteroatoms. The van der Waals surface area contributed by atoms with Crippen LogP contribution in [0.5, 0.6) is 0 Å². The first kappa shape index (κ1) is 20.3. The Morgan fingerprint density at radius 3 is 2.52 bits per heavy atom. The summed E-state index contributed by atoms with van der Waals surface area (Å²) in [6.07, 6.45) is 3.02. The van der Waals surface area contributed by atoms with Crippen molar-refractivity contribution in [1.82, 2.24) is 9.62 Å². The maximum atomic E-state index is 13.4. The highest BCUT2D eigenvalue weighted by Crippen LogP contribution is 2.37. The van der Waals surface area contributed by atoms with E-state index in [0.29, 0.717) is 25.9 Å². The van der Waals surface area contributed by atoms with Crippen LogP contribution >= 0.6 is 0 Å². The Morgan fingerprint density at radius 1 is 1.30 bits per heavy atom. The Bertz CT molecular complexity index is 737. The number of benzene rings is 1. The number of hydrogen-bond donors (Lipinski definition) is 1.